The van der Waals surface area contributed by atoms with Crippen LogP contribution in [0, 0.1) is 0 Å². The van der Waals surface area contributed by atoms with Crippen LogP contribution >= 0.6 is 11.3 Å². The van der Waals surface area contributed by atoms with Crippen LogP contribution in [0.1, 0.15) is 19.3 Å². The van der Waals surface area contributed by atoms with Crippen LogP contribution in [0.5, 0.6) is 0 Å². The van der Waals surface area contributed by atoms with Crippen molar-refractivity contribution in [1.82, 2.24) is 4.47 Å². The molecule has 0 N–H and O–H groups in total. The van der Waals surface area contributed by atoms with Crippen molar-refractivity contribution in [1.29, 1.82) is 0 Å². The minimum Gasteiger partial charge on any atom is -0.284 e. The van der Waals surface area contributed by atoms with Gasteiger partial charge in [-0.05, 0) is 30.7 Å². The Kier molecular flexibility index (Phi) is 3.40. The number of thiophene rings is 1. The maximum Gasteiger partial charge on any atom is 0.274 e. The van der Waals surface area contributed by atoms with Gasteiger partial charge in [-0.1, -0.05) is 10.5 Å². The summed E-state index contributed by atoms with van der Waals surface area (Å²) in [5.74, 6) is 0. The Balaban J connectivity index is 2.21. The van der Waals surface area contributed by atoms with Crippen molar-refractivity contribution in [3.8, 4) is 0 Å². The Bertz CT molecular complexity index is 391. The molecule has 1 aromatic heterocycles. The molecule has 0 aromatic carbocycles. The van der Waals surface area contributed by atoms with Crippen molar-refractivity contribution in [2.75, 3.05) is 13.2 Å². The Morgan fingerprint density at radius 3 is 2.93 bits per heavy atom. The number of hydrogen-bond donors (Lipinski definition) is 0. The van der Waals surface area contributed by atoms with Crippen LogP contribution in [0.15, 0.2) is 21.7 Å². The fourth-order valence-electron chi connectivity index (χ4n) is 1.45. The second-order valence-corrected chi connectivity index (χ2v) is 6.36. The lowest BCUT2D eigenvalue weighted by atomic mass is 10.2. The highest BCUT2D eigenvalue weighted by Crippen LogP contribution is 2.23. The molecule has 1 fully saturated rings. The van der Waals surface area contributed by atoms with E-state index in [1.165, 1.54) is 11.3 Å². The van der Waals surface area contributed by atoms with E-state index in [0.29, 0.717) is 17.4 Å². The number of rotatable bonds is 2. The van der Waals surface area contributed by atoms with Gasteiger partial charge in [-0.15, -0.1) is 11.3 Å². The fraction of sp³-hybridized carbons (Fsp3) is 0.556. The second-order valence-electron chi connectivity index (χ2n) is 3.36. The number of nitrogens with zero attached hydrogens (tertiary/aromatic N) is 1. The topological polar surface area (TPSA) is 46.6 Å². The molecule has 84 valence electrons. The normalized spacial score (nSPS) is 20.0. The van der Waals surface area contributed by atoms with Gasteiger partial charge in [0.25, 0.3) is 10.0 Å². The Hall–Kier alpha value is -0.430. The highest BCUT2D eigenvalue weighted by atomic mass is 32.2. The first-order chi connectivity index (χ1) is 7.21. The molecule has 0 spiro atoms. The molecule has 0 amide bonds. The first kappa shape index (κ1) is 11.1. The van der Waals surface area contributed by atoms with E-state index in [4.69, 9.17) is 4.84 Å². The summed E-state index contributed by atoms with van der Waals surface area (Å²) in [6.45, 7) is 0.949. The van der Waals surface area contributed by atoms with Gasteiger partial charge in [-0.3, -0.25) is 4.84 Å². The Labute approximate surface area is 93.5 Å². The first-order valence-corrected chi connectivity index (χ1v) is 7.22. The lowest BCUT2D eigenvalue weighted by Gasteiger charge is -2.17. The van der Waals surface area contributed by atoms with E-state index in [1.807, 2.05) is 0 Å². The lowest BCUT2D eigenvalue weighted by Crippen LogP contribution is -2.30. The molecule has 0 atom stereocenters. The Morgan fingerprint density at radius 1 is 1.33 bits per heavy atom. The highest BCUT2D eigenvalue weighted by molar-refractivity contribution is 7.91. The molecule has 0 bridgehead atoms. The molecule has 1 saturated heterocycles. The van der Waals surface area contributed by atoms with Crippen LogP contribution in [-0.4, -0.2) is 26.0 Å². The van der Waals surface area contributed by atoms with Gasteiger partial charge in [0.05, 0.1) is 6.61 Å². The number of hydroxylamine groups is 1. The maximum absolute atomic E-state index is 12.0. The summed E-state index contributed by atoms with van der Waals surface area (Å²) in [5, 5.41) is 1.75. The fourth-order valence-corrected chi connectivity index (χ4v) is 3.84. The van der Waals surface area contributed by atoms with Gasteiger partial charge in [0.1, 0.15) is 4.21 Å². The van der Waals surface area contributed by atoms with E-state index in [0.717, 1.165) is 23.7 Å². The van der Waals surface area contributed by atoms with Crippen molar-refractivity contribution in [2.24, 2.45) is 0 Å². The standard InChI is InChI=1S/C9H13NO3S2/c11-15(12,9-5-4-8-14-9)10-6-2-1-3-7-13-10/h4-5,8H,1-3,6-7H2. The summed E-state index contributed by atoms with van der Waals surface area (Å²) >= 11 is 1.22. The van der Waals surface area contributed by atoms with E-state index in [9.17, 15) is 8.42 Å². The van der Waals surface area contributed by atoms with Crippen LogP contribution in [-0.2, 0) is 14.9 Å². The van der Waals surface area contributed by atoms with Crippen molar-refractivity contribution in [3.63, 3.8) is 0 Å². The van der Waals surface area contributed by atoms with Crippen molar-refractivity contribution in [3.05, 3.63) is 17.5 Å². The average molecular weight is 247 g/mol. The smallest absolute Gasteiger partial charge is 0.274 e. The third kappa shape index (κ3) is 2.39. The lowest BCUT2D eigenvalue weighted by molar-refractivity contribution is -0.0747. The Morgan fingerprint density at radius 2 is 2.20 bits per heavy atom. The maximum atomic E-state index is 12.0. The molecule has 0 radical (unpaired) electrons. The van der Waals surface area contributed by atoms with Gasteiger partial charge < -0.3 is 0 Å². The van der Waals surface area contributed by atoms with Crippen LogP contribution in [0.2, 0.25) is 0 Å². The molecule has 1 aliphatic rings. The van der Waals surface area contributed by atoms with Gasteiger partial charge in [-0.2, -0.15) is 0 Å². The van der Waals surface area contributed by atoms with Crippen LogP contribution in [0.4, 0.5) is 0 Å². The van der Waals surface area contributed by atoms with Gasteiger partial charge >= 0.3 is 0 Å². The zero-order valence-electron chi connectivity index (χ0n) is 8.26. The SMILES string of the molecule is O=S(=O)(c1cccs1)N1CCCCCO1. The van der Waals surface area contributed by atoms with E-state index >= 15 is 0 Å². The van der Waals surface area contributed by atoms with Crippen molar-refractivity contribution in [2.45, 2.75) is 23.5 Å². The zero-order valence-corrected chi connectivity index (χ0v) is 9.89. The first-order valence-electron chi connectivity index (χ1n) is 4.90. The summed E-state index contributed by atoms with van der Waals surface area (Å²) in [4.78, 5) is 5.24. The van der Waals surface area contributed by atoms with Gasteiger partial charge in [0.2, 0.25) is 0 Å². The minimum atomic E-state index is -3.41. The molecule has 0 unspecified atom stereocenters. The molecule has 1 aromatic rings. The molecule has 2 rings (SSSR count). The van der Waals surface area contributed by atoms with Gasteiger partial charge in [0, 0.05) is 6.54 Å². The summed E-state index contributed by atoms with van der Waals surface area (Å²) in [6, 6.07) is 3.34. The molecule has 15 heavy (non-hydrogen) atoms. The van der Waals surface area contributed by atoms with Gasteiger partial charge in [0.15, 0.2) is 0 Å². The average Bonchev–Trinajstić information content (AvgIpc) is 2.61. The predicted molar refractivity (Wildman–Crippen MR) is 58.0 cm³/mol. The number of hydrogen-bond acceptors (Lipinski definition) is 4. The molecule has 2 heterocycles. The second kappa shape index (κ2) is 4.61. The summed E-state index contributed by atoms with van der Waals surface area (Å²) in [7, 11) is -3.41. The van der Waals surface area contributed by atoms with Crippen molar-refractivity contribution < 1.29 is 13.3 Å². The van der Waals surface area contributed by atoms with Crippen LogP contribution in [0.3, 0.4) is 0 Å². The molecule has 6 heteroatoms. The van der Waals surface area contributed by atoms with Crippen LogP contribution < -0.4 is 0 Å². The van der Waals surface area contributed by atoms with Crippen LogP contribution in [0.25, 0.3) is 0 Å². The summed E-state index contributed by atoms with van der Waals surface area (Å²) in [5.41, 5.74) is 0. The summed E-state index contributed by atoms with van der Waals surface area (Å²) in [6.07, 6.45) is 2.82. The minimum absolute atomic E-state index is 0.351. The monoisotopic (exact) mass is 247 g/mol. The van der Waals surface area contributed by atoms with Crippen molar-refractivity contribution >= 4 is 21.4 Å². The molecule has 1 aliphatic heterocycles. The quantitative estimate of drug-likeness (QED) is 0.801. The predicted octanol–water partition coefficient (Wildman–Crippen LogP) is 1.85. The van der Waals surface area contributed by atoms with E-state index in [-0.39, 0.29) is 0 Å². The zero-order chi connectivity index (χ0) is 10.7. The van der Waals surface area contributed by atoms with E-state index in [2.05, 4.69) is 0 Å². The van der Waals surface area contributed by atoms with Gasteiger partial charge in [-0.25, -0.2) is 8.42 Å². The molecule has 0 saturated carbocycles. The van der Waals surface area contributed by atoms with E-state index < -0.39 is 10.0 Å². The molecular formula is C9H13NO3S2. The third-order valence-electron chi connectivity index (χ3n) is 2.24. The molecule has 0 aliphatic carbocycles. The highest BCUT2D eigenvalue weighted by Gasteiger charge is 2.27. The summed E-state index contributed by atoms with van der Waals surface area (Å²) < 4.78 is 25.5. The largest absolute Gasteiger partial charge is 0.284 e. The molecule has 4 nitrogen and oxygen atoms in total. The van der Waals surface area contributed by atoms with E-state index in [1.54, 1.807) is 17.5 Å². The third-order valence-corrected chi connectivity index (χ3v) is 5.29. The number of sulfonamides is 1. The molecular weight excluding hydrogens is 234 g/mol.